The van der Waals surface area contributed by atoms with Crippen LogP contribution in [-0.2, 0) is 11.3 Å². The number of ether oxygens (including phenoxy) is 1. The lowest BCUT2D eigenvalue weighted by atomic mass is 9.89. The van der Waals surface area contributed by atoms with Crippen LogP contribution in [0.2, 0.25) is 0 Å². The van der Waals surface area contributed by atoms with E-state index in [1.807, 2.05) is 18.2 Å². The molecule has 0 amide bonds. The number of halogens is 1. The van der Waals surface area contributed by atoms with Gasteiger partial charge >= 0.3 is 0 Å². The van der Waals surface area contributed by atoms with Crippen LogP contribution in [0.25, 0.3) is 16.8 Å². The Morgan fingerprint density at radius 1 is 1.07 bits per heavy atom. The molecule has 0 fully saturated rings. The summed E-state index contributed by atoms with van der Waals surface area (Å²) in [5.41, 5.74) is 10.6. The predicted molar refractivity (Wildman–Crippen MR) is 113 cm³/mol. The standard InChI is InChI=1S/C24H24FN3O/c25-21-12-10-20(11-13-21)23-24(26)27-14-22(28-23)19-8-6-18(7-9-19)16-29-15-17-4-2-1-3-5-17/h1-5,8,10-14,18H,6-7,9,15-16H2,(H2,26,27). The zero-order valence-electron chi connectivity index (χ0n) is 16.2. The third-order valence-electron chi connectivity index (χ3n) is 5.23. The summed E-state index contributed by atoms with van der Waals surface area (Å²) in [5.74, 6) is 0.580. The average molecular weight is 389 g/mol. The van der Waals surface area contributed by atoms with Crippen molar-refractivity contribution in [3.05, 3.63) is 83.9 Å². The van der Waals surface area contributed by atoms with E-state index in [0.717, 1.165) is 37.1 Å². The number of benzene rings is 2. The fraction of sp³-hybridized carbons (Fsp3) is 0.250. The Labute approximate surface area is 170 Å². The second-order valence-electron chi connectivity index (χ2n) is 7.37. The maximum Gasteiger partial charge on any atom is 0.150 e. The summed E-state index contributed by atoms with van der Waals surface area (Å²) >= 11 is 0. The van der Waals surface area contributed by atoms with Gasteiger partial charge in [0.15, 0.2) is 0 Å². The van der Waals surface area contributed by atoms with Gasteiger partial charge in [-0.05, 0) is 60.6 Å². The molecule has 1 aromatic heterocycles. The number of nitrogen functional groups attached to an aromatic ring is 1. The molecule has 1 atom stereocenters. The first-order chi connectivity index (χ1) is 14.2. The van der Waals surface area contributed by atoms with Crippen LogP contribution in [0, 0.1) is 11.7 Å². The van der Waals surface area contributed by atoms with Crippen molar-refractivity contribution < 1.29 is 9.13 Å². The molecule has 0 spiro atoms. The molecule has 0 bridgehead atoms. The van der Waals surface area contributed by atoms with Crippen molar-refractivity contribution >= 4 is 11.4 Å². The van der Waals surface area contributed by atoms with E-state index in [0.29, 0.717) is 24.0 Å². The molecule has 0 aliphatic heterocycles. The minimum Gasteiger partial charge on any atom is -0.382 e. The molecule has 2 aromatic carbocycles. The van der Waals surface area contributed by atoms with Crippen LogP contribution < -0.4 is 5.73 Å². The summed E-state index contributed by atoms with van der Waals surface area (Å²) in [6.45, 7) is 1.41. The van der Waals surface area contributed by atoms with Gasteiger partial charge in [0.25, 0.3) is 0 Å². The molecule has 1 aliphatic carbocycles. The Hall–Kier alpha value is -3.05. The highest BCUT2D eigenvalue weighted by Gasteiger charge is 2.18. The number of anilines is 1. The number of nitrogens with zero attached hydrogens (tertiary/aromatic N) is 2. The Morgan fingerprint density at radius 3 is 2.59 bits per heavy atom. The molecular formula is C24H24FN3O. The summed E-state index contributed by atoms with van der Waals surface area (Å²) in [6.07, 6.45) is 6.90. The zero-order chi connectivity index (χ0) is 20.1. The first-order valence-corrected chi connectivity index (χ1v) is 9.88. The van der Waals surface area contributed by atoms with Crippen molar-refractivity contribution in [2.75, 3.05) is 12.3 Å². The third kappa shape index (κ3) is 4.87. The highest BCUT2D eigenvalue weighted by molar-refractivity contribution is 5.73. The maximum absolute atomic E-state index is 13.2. The summed E-state index contributed by atoms with van der Waals surface area (Å²) in [6, 6.07) is 16.4. The van der Waals surface area contributed by atoms with Gasteiger partial charge in [0.1, 0.15) is 17.3 Å². The Bertz CT molecular complexity index is 987. The van der Waals surface area contributed by atoms with Gasteiger partial charge < -0.3 is 10.5 Å². The van der Waals surface area contributed by atoms with Gasteiger partial charge in [-0.15, -0.1) is 0 Å². The maximum atomic E-state index is 13.2. The molecule has 1 unspecified atom stereocenters. The van der Waals surface area contributed by atoms with Crippen LogP contribution in [0.1, 0.15) is 30.5 Å². The molecule has 2 N–H and O–H groups in total. The topological polar surface area (TPSA) is 61.0 Å². The highest BCUT2D eigenvalue weighted by Crippen LogP contribution is 2.31. The molecule has 0 saturated carbocycles. The fourth-order valence-corrected chi connectivity index (χ4v) is 3.56. The molecular weight excluding hydrogens is 365 g/mol. The van der Waals surface area contributed by atoms with E-state index >= 15 is 0 Å². The molecule has 4 nitrogen and oxygen atoms in total. The van der Waals surface area contributed by atoms with Crippen molar-refractivity contribution in [3.63, 3.8) is 0 Å². The Balaban J connectivity index is 1.39. The molecule has 3 aromatic rings. The van der Waals surface area contributed by atoms with Crippen molar-refractivity contribution in [2.24, 2.45) is 5.92 Å². The van der Waals surface area contributed by atoms with Crippen LogP contribution in [0.4, 0.5) is 10.2 Å². The zero-order valence-corrected chi connectivity index (χ0v) is 16.2. The number of rotatable bonds is 6. The van der Waals surface area contributed by atoms with E-state index in [-0.39, 0.29) is 5.82 Å². The molecule has 5 heteroatoms. The smallest absolute Gasteiger partial charge is 0.150 e. The average Bonchev–Trinajstić information content (AvgIpc) is 2.76. The van der Waals surface area contributed by atoms with E-state index in [4.69, 9.17) is 15.5 Å². The summed E-state index contributed by atoms with van der Waals surface area (Å²) in [5, 5.41) is 0. The van der Waals surface area contributed by atoms with Gasteiger partial charge in [0, 0.05) is 5.56 Å². The number of allylic oxidation sites excluding steroid dienone is 2. The minimum absolute atomic E-state index is 0.285. The second kappa shape index (κ2) is 8.97. The largest absolute Gasteiger partial charge is 0.382 e. The molecule has 0 radical (unpaired) electrons. The lowest BCUT2D eigenvalue weighted by Crippen LogP contribution is -2.13. The number of hydrogen-bond acceptors (Lipinski definition) is 4. The Kier molecular flexibility index (Phi) is 5.96. The van der Waals surface area contributed by atoms with Crippen molar-refractivity contribution in [2.45, 2.75) is 25.9 Å². The SMILES string of the molecule is Nc1ncc(C2=CCC(COCc3ccccc3)CC2)nc1-c1ccc(F)cc1. The van der Waals surface area contributed by atoms with Crippen LogP contribution in [-0.4, -0.2) is 16.6 Å². The molecule has 148 valence electrons. The second-order valence-corrected chi connectivity index (χ2v) is 7.37. The number of aromatic nitrogens is 2. The fourth-order valence-electron chi connectivity index (χ4n) is 3.56. The van der Waals surface area contributed by atoms with Crippen LogP contribution in [0.15, 0.2) is 66.9 Å². The molecule has 29 heavy (non-hydrogen) atoms. The highest BCUT2D eigenvalue weighted by atomic mass is 19.1. The Morgan fingerprint density at radius 2 is 1.86 bits per heavy atom. The monoisotopic (exact) mass is 389 g/mol. The van der Waals surface area contributed by atoms with Gasteiger partial charge in [-0.3, -0.25) is 0 Å². The lowest BCUT2D eigenvalue weighted by Gasteiger charge is -2.22. The van der Waals surface area contributed by atoms with E-state index in [1.165, 1.54) is 23.3 Å². The van der Waals surface area contributed by atoms with Crippen molar-refractivity contribution in [3.8, 4) is 11.3 Å². The molecule has 0 saturated heterocycles. The van der Waals surface area contributed by atoms with Crippen molar-refractivity contribution in [1.29, 1.82) is 0 Å². The van der Waals surface area contributed by atoms with Crippen LogP contribution in [0.3, 0.4) is 0 Å². The summed E-state index contributed by atoms with van der Waals surface area (Å²) in [4.78, 5) is 9.02. The molecule has 1 aliphatic rings. The summed E-state index contributed by atoms with van der Waals surface area (Å²) in [7, 11) is 0. The van der Waals surface area contributed by atoms with Crippen molar-refractivity contribution in [1.82, 2.24) is 9.97 Å². The van der Waals surface area contributed by atoms with E-state index in [2.05, 4.69) is 23.2 Å². The normalized spacial score (nSPS) is 16.4. The first kappa shape index (κ1) is 19.3. The molecule has 4 rings (SSSR count). The minimum atomic E-state index is -0.285. The third-order valence-corrected chi connectivity index (χ3v) is 5.23. The van der Waals surface area contributed by atoms with E-state index < -0.39 is 0 Å². The van der Waals surface area contributed by atoms with Gasteiger partial charge in [-0.25, -0.2) is 14.4 Å². The molecule has 1 heterocycles. The first-order valence-electron chi connectivity index (χ1n) is 9.88. The van der Waals surface area contributed by atoms with Gasteiger partial charge in [0.05, 0.1) is 25.1 Å². The van der Waals surface area contributed by atoms with Crippen LogP contribution >= 0.6 is 0 Å². The van der Waals surface area contributed by atoms with E-state index in [1.54, 1.807) is 18.3 Å². The lowest BCUT2D eigenvalue weighted by molar-refractivity contribution is 0.0843. The van der Waals surface area contributed by atoms with Gasteiger partial charge in [-0.1, -0.05) is 36.4 Å². The number of hydrogen-bond donors (Lipinski definition) is 1. The van der Waals surface area contributed by atoms with Gasteiger partial charge in [0.2, 0.25) is 0 Å². The van der Waals surface area contributed by atoms with E-state index in [9.17, 15) is 4.39 Å². The quantitative estimate of drug-likeness (QED) is 0.624. The van der Waals surface area contributed by atoms with Gasteiger partial charge in [-0.2, -0.15) is 0 Å². The van der Waals surface area contributed by atoms with Crippen LogP contribution in [0.5, 0.6) is 0 Å². The predicted octanol–water partition coefficient (Wildman–Crippen LogP) is 5.27. The summed E-state index contributed by atoms with van der Waals surface area (Å²) < 4.78 is 19.1. The number of nitrogens with two attached hydrogens (primary N) is 1.